The molecule has 4 aromatic heterocycles. The number of amides is 8. The SMILES string of the molecule is Cc1c(N)nc(C(CC(N)=O)NCC(N)C(N)=O)nc1C(=O)NC(C(=O)NC(C)C(O)C(C)C(=O)NC(C(=O)NCCc1nc(-c2nc(C(=O)NCCCN[C@H](C)c3ccccc3)cs2)cs1)C(C)O)C(O[C@@H]1O[C@@H](CO)[C@@H](O)[C@H](O)[C@@H]1O[C@H]1O[C@H](CO)[C@@H](O)[C@H](OC(N)=O)[C@@H]1O)c1cnc[nH]1.O=S(=O)(O)O. The van der Waals surface area contributed by atoms with Crippen molar-refractivity contribution in [3.63, 3.8) is 0 Å². The van der Waals surface area contributed by atoms with Crippen LogP contribution in [0.3, 0.4) is 0 Å². The molecule has 2 aliphatic heterocycles. The van der Waals surface area contributed by atoms with Crippen molar-refractivity contribution in [2.45, 2.75) is 170 Å². The normalized spacial score (nSPS) is 23.0. The van der Waals surface area contributed by atoms with E-state index < -0.39 is 193 Å². The molecule has 0 bridgehead atoms. The average molecular weight is 1570 g/mol. The van der Waals surface area contributed by atoms with Crippen LogP contribution in [-0.4, -0.2) is 273 Å². The number of carbonyl (C=O) groups excluding carboxylic acids is 8. The number of hydrogen-bond donors (Lipinski definition) is 23. The maximum atomic E-state index is 15.2. The first kappa shape index (κ1) is 87.3. The number of rotatable bonds is 37. The molecule has 1 aromatic carbocycles. The lowest BCUT2D eigenvalue weighted by molar-refractivity contribution is -0.372. The summed E-state index contributed by atoms with van der Waals surface area (Å²) in [6.07, 6.45) is -24.5. The van der Waals surface area contributed by atoms with Crippen LogP contribution in [0.5, 0.6) is 0 Å². The first-order valence-electron chi connectivity index (χ1n) is 32.9. The Morgan fingerprint density at radius 1 is 0.738 bits per heavy atom. The van der Waals surface area contributed by atoms with Gasteiger partial charge in [0.2, 0.25) is 29.5 Å². The number of aromatic amines is 1. The van der Waals surface area contributed by atoms with Crippen LogP contribution in [0.15, 0.2) is 53.6 Å². The van der Waals surface area contributed by atoms with Crippen LogP contribution in [0.4, 0.5) is 10.6 Å². The highest BCUT2D eigenvalue weighted by molar-refractivity contribution is 7.79. The second-order valence-corrected chi connectivity index (χ2v) is 27.4. The van der Waals surface area contributed by atoms with Crippen LogP contribution < -0.4 is 65.9 Å². The number of ether oxygens (including phenoxy) is 5. The Bertz CT molecular complexity index is 3880. The number of aromatic nitrogens is 6. The number of nitrogen functional groups attached to an aromatic ring is 1. The van der Waals surface area contributed by atoms with Crippen molar-refractivity contribution in [2.75, 3.05) is 45.1 Å². The lowest BCUT2D eigenvalue weighted by atomic mass is 9.96. The predicted molar refractivity (Wildman–Crippen MR) is 372 cm³/mol. The number of hydrogen-bond acceptors (Lipinski definition) is 34. The van der Waals surface area contributed by atoms with E-state index in [1.807, 2.05) is 30.3 Å². The molecule has 0 aliphatic carbocycles. The maximum Gasteiger partial charge on any atom is 0.404 e. The van der Waals surface area contributed by atoms with Gasteiger partial charge in [-0.3, -0.25) is 42.7 Å². The largest absolute Gasteiger partial charge is 0.441 e. The highest BCUT2D eigenvalue weighted by Crippen LogP contribution is 2.35. The molecule has 20 atom stereocenters. The summed E-state index contributed by atoms with van der Waals surface area (Å²) < 4.78 is 60.4. The molecule has 43 nitrogen and oxygen atoms in total. The van der Waals surface area contributed by atoms with E-state index in [0.717, 1.165) is 18.1 Å². The van der Waals surface area contributed by atoms with Crippen LogP contribution in [-0.2, 0) is 64.5 Å². The average Bonchev–Trinajstić information content (AvgIpc) is 1.00. The lowest BCUT2D eigenvalue weighted by Crippen LogP contribution is -2.65. The van der Waals surface area contributed by atoms with E-state index in [2.05, 4.69) is 74.0 Å². The van der Waals surface area contributed by atoms with Gasteiger partial charge in [-0.1, -0.05) is 37.3 Å². The topological polar surface area (TPSA) is 714 Å². The van der Waals surface area contributed by atoms with Gasteiger partial charge in [-0.2, -0.15) is 8.42 Å². The third-order valence-corrected chi connectivity index (χ3v) is 18.4. The number of aliphatic hydroxyl groups is 8. The highest BCUT2D eigenvalue weighted by atomic mass is 32.3. The molecular weight excluding hydrogens is 1480 g/mol. The molecule has 0 spiro atoms. The summed E-state index contributed by atoms with van der Waals surface area (Å²) in [5, 5.41) is 112. The molecule has 5 aromatic rings. The third kappa shape index (κ3) is 25.2. The molecule has 0 radical (unpaired) electrons. The summed E-state index contributed by atoms with van der Waals surface area (Å²) in [4.78, 5) is 131. The molecule has 46 heteroatoms. The fourth-order valence-electron chi connectivity index (χ4n) is 10.7. The van der Waals surface area contributed by atoms with Crippen LogP contribution >= 0.6 is 22.7 Å². The fraction of sp³-hybridized carbons (Fsp3) is 0.557. The summed E-state index contributed by atoms with van der Waals surface area (Å²) in [6.45, 7) is 5.81. The third-order valence-electron chi connectivity index (χ3n) is 16.7. The number of anilines is 1. The van der Waals surface area contributed by atoms with Gasteiger partial charge in [0.25, 0.3) is 11.8 Å². The first-order valence-corrected chi connectivity index (χ1v) is 36.0. The van der Waals surface area contributed by atoms with Crippen molar-refractivity contribution in [3.05, 3.63) is 92.7 Å². The van der Waals surface area contributed by atoms with Gasteiger partial charge < -0.3 is 135 Å². The molecule has 28 N–H and O–H groups in total. The first-order chi connectivity index (χ1) is 50.4. The number of H-pyrrole nitrogens is 1. The number of benzene rings is 1. The molecule has 8 amide bonds. The minimum atomic E-state index is -4.67. The molecule has 0 saturated carbocycles. The van der Waals surface area contributed by atoms with E-state index in [9.17, 15) is 74.4 Å². The van der Waals surface area contributed by atoms with E-state index in [0.29, 0.717) is 35.2 Å². The summed E-state index contributed by atoms with van der Waals surface area (Å²) in [5.74, 6) is -8.75. The Morgan fingerprint density at radius 3 is 2.02 bits per heavy atom. The van der Waals surface area contributed by atoms with Crippen LogP contribution in [0.25, 0.3) is 10.7 Å². The summed E-state index contributed by atoms with van der Waals surface area (Å²) in [5.41, 5.74) is 29.2. The zero-order valence-corrected chi connectivity index (χ0v) is 60.5. The predicted octanol–water partition coefficient (Wildman–Crippen LogP) is -6.88. The number of aliphatic hydroxyl groups excluding tert-OH is 8. The van der Waals surface area contributed by atoms with E-state index in [-0.39, 0.29) is 60.1 Å². The minimum Gasteiger partial charge on any atom is -0.441 e. The number of nitrogens with two attached hydrogens (primary N) is 5. The zero-order chi connectivity index (χ0) is 79.3. The smallest absolute Gasteiger partial charge is 0.404 e. The Balaban J connectivity index is 0.00000346. The lowest BCUT2D eigenvalue weighted by Gasteiger charge is -2.47. The molecule has 2 aliphatic rings. The van der Waals surface area contributed by atoms with Gasteiger partial charge in [-0.15, -0.1) is 22.7 Å². The molecule has 107 heavy (non-hydrogen) atoms. The molecule has 6 heterocycles. The van der Waals surface area contributed by atoms with Crippen molar-refractivity contribution < 1.29 is 120 Å². The summed E-state index contributed by atoms with van der Waals surface area (Å²) in [6, 6.07) is 2.26. The molecule has 2 saturated heterocycles. The van der Waals surface area contributed by atoms with Gasteiger partial charge in [-0.25, -0.2) is 29.7 Å². The Hall–Kier alpha value is -8.60. The van der Waals surface area contributed by atoms with Crippen LogP contribution in [0, 0.1) is 12.8 Å². The van der Waals surface area contributed by atoms with Gasteiger partial charge in [0.05, 0.1) is 72.7 Å². The Labute approximate surface area is 618 Å². The second kappa shape index (κ2) is 40.6. The second-order valence-electron chi connectivity index (χ2n) is 24.7. The molecule has 9 unspecified atom stereocenters. The van der Waals surface area contributed by atoms with Crippen LogP contribution in [0.1, 0.15) is 107 Å². The maximum absolute atomic E-state index is 15.2. The number of nitrogens with zero attached hydrogens (tertiary/aromatic N) is 5. The van der Waals surface area contributed by atoms with E-state index in [1.54, 1.807) is 10.8 Å². The van der Waals surface area contributed by atoms with Crippen molar-refractivity contribution >= 4 is 86.3 Å². The molecular formula is C61H90N18O25S3. The zero-order valence-electron chi connectivity index (χ0n) is 58.1. The van der Waals surface area contributed by atoms with Gasteiger partial charge in [0.1, 0.15) is 94.6 Å². The Kier molecular flexibility index (Phi) is 33.1. The minimum absolute atomic E-state index is 0.0169. The number of primary amides is 3. The fourth-order valence-corrected chi connectivity index (χ4v) is 12.3. The van der Waals surface area contributed by atoms with E-state index in [1.165, 1.54) is 50.4 Å². The molecule has 2 fully saturated rings. The molecule has 7 rings (SSSR count). The van der Waals surface area contributed by atoms with Gasteiger partial charge in [0.15, 0.2) is 18.7 Å². The van der Waals surface area contributed by atoms with Gasteiger partial charge in [-0.05, 0) is 46.2 Å². The summed E-state index contributed by atoms with van der Waals surface area (Å²) in [7, 11) is -4.67. The standard InChI is InChI=1S/C61H88N18O21S2.H2O4S/c1-24-39(76-52(79-50(24)64)31(16-37(63)83)71-17-30(62)51(65)89)56(93)78-41(47(32-18-67-23-72-32)98-60-49(45(87)43(85)35(19-80)97-60)99-59-46(88)48(100-61(66)95)44(86)36(20-81)96-59)57(94)73-27(4)42(84)25(2)53(90)77-40(28(5)82)55(92)70-15-12-38-74-34(22-101-38)58-75-33(21-102-58)54(91)69-14-9-13-68-26(3)29-10-7-6-8-11-29;1-5(2,3)4/h6-8,10-11,18,21-23,25-28,30-31,35-36,40-49,59-60,68,71,80-82,84-88H,9,12-17,19-20,62H2,1-5H3,(H2,63,83)(H2,65,89)(H2,66,95)(H,67,72)(H,69,91)(H,70,92)(H,73,94)(H,77,90)(H,78,93)(H2,64,76,79);(H2,1,2,3,4)/t25?,26-,27?,28?,30?,31?,35+,36-,40?,41?,42?,43-,44-,45+,46+,47?,48+,49+,59-,60+;/m1./s1. The summed E-state index contributed by atoms with van der Waals surface area (Å²) >= 11 is 2.50. The highest BCUT2D eigenvalue weighted by Gasteiger charge is 2.54. The van der Waals surface area contributed by atoms with E-state index >= 15 is 4.79 Å². The van der Waals surface area contributed by atoms with Crippen LogP contribution in [0.2, 0.25) is 0 Å². The van der Waals surface area contributed by atoms with Crippen molar-refractivity contribution in [2.24, 2.45) is 28.9 Å². The monoisotopic (exact) mass is 1570 g/mol. The van der Waals surface area contributed by atoms with Crippen molar-refractivity contribution in [3.8, 4) is 10.7 Å². The quantitative estimate of drug-likeness (QED) is 0.0130. The number of nitrogens with one attached hydrogen (secondary N) is 8. The number of imidazole rings is 1. The van der Waals surface area contributed by atoms with Gasteiger partial charge >= 0.3 is 16.5 Å². The van der Waals surface area contributed by atoms with E-state index in [4.69, 9.17) is 69.9 Å². The number of thiazole rings is 2. The van der Waals surface area contributed by atoms with Gasteiger partial charge in [0, 0.05) is 54.8 Å². The Morgan fingerprint density at radius 2 is 1.40 bits per heavy atom. The number of carbonyl (C=O) groups is 8. The van der Waals surface area contributed by atoms with Crippen molar-refractivity contribution in [1.82, 2.24) is 67.1 Å². The van der Waals surface area contributed by atoms with Crippen molar-refractivity contribution in [1.29, 1.82) is 0 Å². The molecule has 592 valence electrons.